The van der Waals surface area contributed by atoms with Gasteiger partial charge in [-0.05, 0) is 80.5 Å². The zero-order valence-corrected chi connectivity index (χ0v) is 20.0. The van der Waals surface area contributed by atoms with Crippen LogP contribution < -0.4 is 10.0 Å². The number of fused-ring (bicyclic) bond motifs is 1. The van der Waals surface area contributed by atoms with Crippen molar-refractivity contribution in [1.82, 2.24) is 9.62 Å². The summed E-state index contributed by atoms with van der Waals surface area (Å²) < 4.78 is 34.4. The maximum atomic E-state index is 13.1. The fraction of sp³-hybridized carbons (Fsp3) is 0.480. The van der Waals surface area contributed by atoms with Crippen molar-refractivity contribution in [2.75, 3.05) is 44.7 Å². The van der Waals surface area contributed by atoms with Crippen LogP contribution in [0.5, 0.6) is 0 Å². The molecule has 1 heterocycles. The number of benzene rings is 2. The molecule has 0 unspecified atom stereocenters. The molecule has 1 aliphatic heterocycles. The van der Waals surface area contributed by atoms with E-state index in [9.17, 15) is 13.2 Å². The first-order valence-corrected chi connectivity index (χ1v) is 13.3. The first-order valence-electron chi connectivity index (χ1n) is 11.8. The van der Waals surface area contributed by atoms with Crippen molar-refractivity contribution in [2.45, 2.75) is 43.9 Å². The van der Waals surface area contributed by atoms with E-state index in [2.05, 4.69) is 14.9 Å². The molecule has 4 rings (SSSR count). The van der Waals surface area contributed by atoms with Gasteiger partial charge in [0, 0.05) is 30.9 Å². The molecule has 2 N–H and O–H groups in total. The number of amides is 1. The smallest absolute Gasteiger partial charge is 0.255 e. The average molecular weight is 472 g/mol. The van der Waals surface area contributed by atoms with Crippen LogP contribution in [0.25, 0.3) is 0 Å². The third-order valence-corrected chi connectivity index (χ3v) is 8.01. The minimum absolute atomic E-state index is 0.169. The van der Waals surface area contributed by atoms with Crippen LogP contribution in [0.1, 0.15) is 46.3 Å². The van der Waals surface area contributed by atoms with Crippen molar-refractivity contribution in [1.29, 1.82) is 0 Å². The summed E-state index contributed by atoms with van der Waals surface area (Å²) in [5.74, 6) is -0.169. The number of ether oxygens (including phenoxy) is 1. The molecule has 1 aliphatic carbocycles. The van der Waals surface area contributed by atoms with Crippen LogP contribution in [0.3, 0.4) is 0 Å². The van der Waals surface area contributed by atoms with Crippen LogP contribution in [-0.2, 0) is 27.6 Å². The largest absolute Gasteiger partial charge is 0.379 e. The summed E-state index contributed by atoms with van der Waals surface area (Å²) in [5.41, 5.74) is 4.03. The Labute approximate surface area is 196 Å². The van der Waals surface area contributed by atoms with Crippen molar-refractivity contribution < 1.29 is 17.9 Å². The number of carbonyl (C=O) groups excluding carboxylic acids is 1. The Morgan fingerprint density at radius 1 is 1.03 bits per heavy atom. The molecule has 0 atom stereocenters. The minimum atomic E-state index is -3.61. The molecular weight excluding hydrogens is 438 g/mol. The van der Waals surface area contributed by atoms with E-state index in [0.29, 0.717) is 29.1 Å². The van der Waals surface area contributed by atoms with Gasteiger partial charge in [-0.15, -0.1) is 0 Å². The lowest BCUT2D eigenvalue weighted by molar-refractivity contribution is 0.0376. The molecule has 0 radical (unpaired) electrons. The molecule has 33 heavy (non-hydrogen) atoms. The number of nitrogens with zero attached hydrogens (tertiary/aromatic N) is 1. The molecule has 2 aliphatic rings. The Morgan fingerprint density at radius 3 is 2.52 bits per heavy atom. The predicted octanol–water partition coefficient (Wildman–Crippen LogP) is 3.13. The number of nitrogens with one attached hydrogen (secondary N) is 2. The lowest BCUT2D eigenvalue weighted by Crippen LogP contribution is -2.38. The Hall–Kier alpha value is -2.26. The number of aryl methyl sites for hydroxylation is 1. The van der Waals surface area contributed by atoms with Crippen molar-refractivity contribution in [3.05, 3.63) is 58.7 Å². The second-order valence-electron chi connectivity index (χ2n) is 8.75. The second kappa shape index (κ2) is 10.8. The van der Waals surface area contributed by atoms with E-state index in [0.717, 1.165) is 75.2 Å². The van der Waals surface area contributed by atoms with Gasteiger partial charge in [0.2, 0.25) is 10.0 Å². The van der Waals surface area contributed by atoms with Gasteiger partial charge in [-0.25, -0.2) is 13.1 Å². The molecular formula is C25H33N3O4S. The van der Waals surface area contributed by atoms with Gasteiger partial charge in [0.1, 0.15) is 0 Å². The third-order valence-electron chi connectivity index (χ3n) is 6.47. The highest BCUT2D eigenvalue weighted by atomic mass is 32.2. The zero-order valence-electron chi connectivity index (χ0n) is 19.2. The van der Waals surface area contributed by atoms with E-state index in [1.807, 2.05) is 25.1 Å². The van der Waals surface area contributed by atoms with Crippen LogP contribution in [0, 0.1) is 6.92 Å². The lowest BCUT2D eigenvalue weighted by Gasteiger charge is -2.26. The van der Waals surface area contributed by atoms with Gasteiger partial charge >= 0.3 is 0 Å². The molecule has 7 nitrogen and oxygen atoms in total. The number of anilines is 1. The summed E-state index contributed by atoms with van der Waals surface area (Å²) in [6.07, 6.45) is 4.15. The molecule has 0 aromatic heterocycles. The Morgan fingerprint density at radius 2 is 1.76 bits per heavy atom. The van der Waals surface area contributed by atoms with E-state index in [4.69, 9.17) is 4.74 Å². The van der Waals surface area contributed by atoms with Crippen LogP contribution in [0.4, 0.5) is 5.69 Å². The monoisotopic (exact) mass is 471 g/mol. The highest BCUT2D eigenvalue weighted by molar-refractivity contribution is 7.89. The van der Waals surface area contributed by atoms with Gasteiger partial charge in [-0.1, -0.05) is 18.2 Å². The standard InChI is InChI=1S/C25H33N3O4S/c1-19-7-2-3-8-20(19)25(29)27-23-11-12-24(22-10-5-4-9-21(22)23)33(30,31)26-13-6-14-28-15-17-32-18-16-28/h2-3,7-8,11-12,26H,4-6,9-10,13-18H2,1H3,(H,27,29). The molecule has 178 valence electrons. The third kappa shape index (κ3) is 5.81. The maximum Gasteiger partial charge on any atom is 0.255 e. The molecule has 0 saturated carbocycles. The first-order chi connectivity index (χ1) is 16.0. The van der Waals surface area contributed by atoms with Crippen LogP contribution in [0.15, 0.2) is 41.3 Å². The van der Waals surface area contributed by atoms with E-state index >= 15 is 0 Å². The minimum Gasteiger partial charge on any atom is -0.379 e. The predicted molar refractivity (Wildman–Crippen MR) is 129 cm³/mol. The van der Waals surface area contributed by atoms with Crippen LogP contribution in [0.2, 0.25) is 0 Å². The molecule has 8 heteroatoms. The highest BCUT2D eigenvalue weighted by Gasteiger charge is 2.25. The fourth-order valence-corrected chi connectivity index (χ4v) is 6.00. The molecule has 0 spiro atoms. The van der Waals surface area contributed by atoms with Crippen LogP contribution in [-0.4, -0.2) is 58.6 Å². The SMILES string of the molecule is Cc1ccccc1C(=O)Nc1ccc(S(=O)(=O)NCCCN2CCOCC2)c2c1CCCC2. The number of morpholine rings is 1. The Bertz CT molecular complexity index is 1090. The highest BCUT2D eigenvalue weighted by Crippen LogP contribution is 2.33. The van der Waals surface area contributed by atoms with Gasteiger partial charge in [-0.2, -0.15) is 0 Å². The van der Waals surface area contributed by atoms with Gasteiger partial charge in [-0.3, -0.25) is 9.69 Å². The average Bonchev–Trinajstić information content (AvgIpc) is 2.83. The molecule has 1 saturated heterocycles. The summed E-state index contributed by atoms with van der Waals surface area (Å²) >= 11 is 0. The number of hydrogen-bond donors (Lipinski definition) is 2. The van der Waals surface area contributed by atoms with Gasteiger partial charge in [0.25, 0.3) is 5.91 Å². The lowest BCUT2D eigenvalue weighted by atomic mass is 9.90. The maximum absolute atomic E-state index is 13.1. The molecule has 1 amide bonds. The van der Waals surface area contributed by atoms with Crippen molar-refractivity contribution in [3.8, 4) is 0 Å². The van der Waals surface area contributed by atoms with E-state index in [-0.39, 0.29) is 5.91 Å². The topological polar surface area (TPSA) is 87.7 Å². The molecule has 0 bridgehead atoms. The van der Waals surface area contributed by atoms with Crippen molar-refractivity contribution in [3.63, 3.8) is 0 Å². The summed E-state index contributed by atoms with van der Waals surface area (Å²) in [5, 5.41) is 3.02. The Kier molecular flexibility index (Phi) is 7.80. The number of rotatable bonds is 8. The summed E-state index contributed by atoms with van der Waals surface area (Å²) in [6, 6.07) is 10.8. The normalized spacial score (nSPS) is 16.9. The Balaban J connectivity index is 1.47. The van der Waals surface area contributed by atoms with E-state index in [1.165, 1.54) is 0 Å². The molecule has 2 aromatic carbocycles. The summed E-state index contributed by atoms with van der Waals surface area (Å²) in [6.45, 7) is 6.44. The van der Waals surface area contributed by atoms with Crippen LogP contribution >= 0.6 is 0 Å². The van der Waals surface area contributed by atoms with E-state index < -0.39 is 10.0 Å². The number of hydrogen-bond acceptors (Lipinski definition) is 5. The van der Waals surface area contributed by atoms with Gasteiger partial charge in [0.15, 0.2) is 0 Å². The number of sulfonamides is 1. The van der Waals surface area contributed by atoms with Crippen molar-refractivity contribution >= 4 is 21.6 Å². The summed E-state index contributed by atoms with van der Waals surface area (Å²) in [7, 11) is -3.61. The van der Waals surface area contributed by atoms with Crippen molar-refractivity contribution in [2.24, 2.45) is 0 Å². The molecule has 1 fully saturated rings. The molecule has 2 aromatic rings. The second-order valence-corrected chi connectivity index (χ2v) is 10.5. The quantitative estimate of drug-likeness (QED) is 0.578. The van der Waals surface area contributed by atoms with E-state index in [1.54, 1.807) is 18.2 Å². The summed E-state index contributed by atoms with van der Waals surface area (Å²) in [4.78, 5) is 15.5. The number of carbonyl (C=O) groups is 1. The zero-order chi connectivity index (χ0) is 23.3. The fourth-order valence-electron chi connectivity index (χ4n) is 4.63. The van der Waals surface area contributed by atoms with Gasteiger partial charge < -0.3 is 10.1 Å². The van der Waals surface area contributed by atoms with Gasteiger partial charge in [0.05, 0.1) is 18.1 Å². The first kappa shape index (κ1) is 23.9.